The van der Waals surface area contributed by atoms with Crippen LogP contribution in [0, 0.1) is 0 Å². The van der Waals surface area contributed by atoms with E-state index >= 15 is 0 Å². The molecule has 0 spiro atoms. The van der Waals surface area contributed by atoms with Gasteiger partial charge in [-0.25, -0.2) is 15.0 Å². The molecule has 0 radical (unpaired) electrons. The van der Waals surface area contributed by atoms with Crippen LogP contribution in [0.25, 0.3) is 94.7 Å². The molecule has 7 aromatic carbocycles. The molecule has 0 aliphatic heterocycles. The van der Waals surface area contributed by atoms with Crippen LogP contribution in [-0.4, -0.2) is 19.5 Å². The summed E-state index contributed by atoms with van der Waals surface area (Å²) in [7, 11) is 0. The summed E-state index contributed by atoms with van der Waals surface area (Å²) >= 11 is 0. The smallest absolute Gasteiger partial charge is 0.164 e. The van der Waals surface area contributed by atoms with E-state index in [-0.39, 0.29) is 0 Å². The highest BCUT2D eigenvalue weighted by Crippen LogP contribution is 2.43. The van der Waals surface area contributed by atoms with Gasteiger partial charge < -0.3 is 8.98 Å². The van der Waals surface area contributed by atoms with Crippen molar-refractivity contribution >= 4 is 43.7 Å². The largest absolute Gasteiger partial charge is 0.455 e. The van der Waals surface area contributed by atoms with Crippen LogP contribution in [0.1, 0.15) is 0 Å². The van der Waals surface area contributed by atoms with Gasteiger partial charge in [-0.3, -0.25) is 0 Å². The van der Waals surface area contributed by atoms with Crippen molar-refractivity contribution in [3.63, 3.8) is 0 Å². The monoisotopic (exact) mass is 640 g/mol. The molecule has 0 N–H and O–H groups in total. The maximum absolute atomic E-state index is 6.80. The van der Waals surface area contributed by atoms with Gasteiger partial charge in [0.25, 0.3) is 0 Å². The fourth-order valence-electron chi connectivity index (χ4n) is 7.25. The molecule has 0 fully saturated rings. The predicted octanol–water partition coefficient (Wildman–Crippen LogP) is 11.5. The number of fused-ring (bicyclic) bond motifs is 6. The Balaban J connectivity index is 1.21. The fourth-order valence-corrected chi connectivity index (χ4v) is 7.25. The van der Waals surface area contributed by atoms with Gasteiger partial charge in [-0.1, -0.05) is 146 Å². The summed E-state index contributed by atoms with van der Waals surface area (Å²) in [6.07, 6.45) is 0. The lowest BCUT2D eigenvalue weighted by Gasteiger charge is -2.14. The molecule has 234 valence electrons. The number of benzene rings is 7. The van der Waals surface area contributed by atoms with Crippen molar-refractivity contribution in [3.8, 4) is 51.0 Å². The van der Waals surface area contributed by atoms with Crippen molar-refractivity contribution in [2.24, 2.45) is 0 Å². The van der Waals surface area contributed by atoms with E-state index in [4.69, 9.17) is 19.4 Å². The van der Waals surface area contributed by atoms with Crippen molar-refractivity contribution in [3.05, 3.63) is 170 Å². The van der Waals surface area contributed by atoms with Crippen molar-refractivity contribution in [1.82, 2.24) is 19.5 Å². The first-order valence-electron chi connectivity index (χ1n) is 16.7. The van der Waals surface area contributed by atoms with Gasteiger partial charge in [0.15, 0.2) is 17.5 Å². The molecule has 50 heavy (non-hydrogen) atoms. The predicted molar refractivity (Wildman–Crippen MR) is 203 cm³/mol. The van der Waals surface area contributed by atoms with Crippen LogP contribution < -0.4 is 0 Å². The number of hydrogen-bond donors (Lipinski definition) is 0. The van der Waals surface area contributed by atoms with Gasteiger partial charge in [0.05, 0.1) is 16.7 Å². The normalized spacial score (nSPS) is 11.6. The average molecular weight is 641 g/mol. The first-order chi connectivity index (χ1) is 24.8. The van der Waals surface area contributed by atoms with Gasteiger partial charge in [0.2, 0.25) is 0 Å². The van der Waals surface area contributed by atoms with E-state index in [0.29, 0.717) is 17.5 Å². The Morgan fingerprint density at radius 3 is 1.56 bits per heavy atom. The number of nitrogens with zero attached hydrogens (tertiary/aromatic N) is 4. The van der Waals surface area contributed by atoms with Gasteiger partial charge in [0, 0.05) is 49.4 Å². The van der Waals surface area contributed by atoms with Crippen LogP contribution in [0.5, 0.6) is 0 Å². The third-order valence-electron chi connectivity index (χ3n) is 9.48. The van der Waals surface area contributed by atoms with E-state index in [9.17, 15) is 0 Å². The Labute approximate surface area is 287 Å². The summed E-state index contributed by atoms with van der Waals surface area (Å²) in [5.74, 6) is 1.85. The third kappa shape index (κ3) is 4.45. The second-order valence-corrected chi connectivity index (χ2v) is 12.4. The van der Waals surface area contributed by atoms with Gasteiger partial charge in [0.1, 0.15) is 11.2 Å². The molecule has 5 nitrogen and oxygen atoms in total. The second-order valence-electron chi connectivity index (χ2n) is 12.4. The average Bonchev–Trinajstić information content (AvgIpc) is 3.75. The topological polar surface area (TPSA) is 56.7 Å². The Morgan fingerprint density at radius 1 is 0.380 bits per heavy atom. The molecule has 0 bridgehead atoms. The van der Waals surface area contributed by atoms with Gasteiger partial charge in [-0.2, -0.15) is 0 Å². The highest BCUT2D eigenvalue weighted by atomic mass is 16.3. The molecule has 0 aliphatic carbocycles. The maximum atomic E-state index is 6.80. The van der Waals surface area contributed by atoms with Gasteiger partial charge in [-0.05, 0) is 24.3 Å². The molecule has 3 aromatic heterocycles. The van der Waals surface area contributed by atoms with Crippen LogP contribution in [0.4, 0.5) is 0 Å². The molecule has 5 heteroatoms. The van der Waals surface area contributed by atoms with Crippen LogP contribution >= 0.6 is 0 Å². The van der Waals surface area contributed by atoms with E-state index in [1.54, 1.807) is 0 Å². The Kier molecular flexibility index (Phi) is 6.42. The molecule has 0 unspecified atom stereocenters. The standard InChI is InChI=1S/C45H28N4O/c1-3-15-29(16-4-1)43-46-44(30-17-5-2-6-18-30)48-45(47-43)36-24-14-28-40-41(36)35-23-13-22-34(42(35)50-40)33-21-9-12-27-39(33)49-37-25-10-7-19-31(37)32-20-8-11-26-38(32)49/h1-28H. The minimum absolute atomic E-state index is 0.599. The maximum Gasteiger partial charge on any atom is 0.164 e. The van der Waals surface area contributed by atoms with E-state index in [1.165, 1.54) is 21.8 Å². The van der Waals surface area contributed by atoms with E-state index in [1.807, 2.05) is 72.8 Å². The molecule has 0 saturated heterocycles. The highest BCUT2D eigenvalue weighted by Gasteiger charge is 2.21. The van der Waals surface area contributed by atoms with Crippen molar-refractivity contribution < 1.29 is 4.42 Å². The minimum Gasteiger partial charge on any atom is -0.455 e. The lowest BCUT2D eigenvalue weighted by Crippen LogP contribution is -2.00. The van der Waals surface area contributed by atoms with E-state index < -0.39 is 0 Å². The molecule has 0 aliphatic rings. The first-order valence-corrected chi connectivity index (χ1v) is 16.7. The zero-order valence-electron chi connectivity index (χ0n) is 26.9. The Morgan fingerprint density at radius 2 is 0.880 bits per heavy atom. The van der Waals surface area contributed by atoms with Crippen LogP contribution in [0.2, 0.25) is 0 Å². The summed E-state index contributed by atoms with van der Waals surface area (Å²) in [6, 6.07) is 58.5. The minimum atomic E-state index is 0.599. The second kappa shape index (κ2) is 11.4. The van der Waals surface area contributed by atoms with E-state index in [0.717, 1.165) is 55.4 Å². The molecular formula is C45H28N4O. The summed E-state index contributed by atoms with van der Waals surface area (Å²) in [5.41, 5.74) is 9.89. The first kappa shape index (κ1) is 28.2. The zero-order valence-corrected chi connectivity index (χ0v) is 26.9. The fraction of sp³-hybridized carbons (Fsp3) is 0. The Hall–Kier alpha value is -6.85. The number of furan rings is 1. The summed E-state index contributed by atoms with van der Waals surface area (Å²) < 4.78 is 9.17. The van der Waals surface area contributed by atoms with E-state index in [2.05, 4.69) is 102 Å². The number of rotatable bonds is 5. The summed E-state index contributed by atoms with van der Waals surface area (Å²) in [6.45, 7) is 0. The quantitative estimate of drug-likeness (QED) is 0.188. The molecular weight excluding hydrogens is 613 g/mol. The summed E-state index contributed by atoms with van der Waals surface area (Å²) in [5, 5.41) is 4.44. The molecule has 10 rings (SSSR count). The third-order valence-corrected chi connectivity index (χ3v) is 9.48. The number of para-hydroxylation sites is 4. The van der Waals surface area contributed by atoms with Crippen LogP contribution in [-0.2, 0) is 0 Å². The molecule has 0 saturated carbocycles. The van der Waals surface area contributed by atoms with Crippen molar-refractivity contribution in [2.75, 3.05) is 0 Å². The number of aromatic nitrogens is 4. The molecule has 10 aromatic rings. The molecule has 0 amide bonds. The lowest BCUT2D eigenvalue weighted by molar-refractivity contribution is 0.670. The Bertz CT molecular complexity index is 2760. The van der Waals surface area contributed by atoms with Crippen molar-refractivity contribution in [2.45, 2.75) is 0 Å². The van der Waals surface area contributed by atoms with Crippen molar-refractivity contribution in [1.29, 1.82) is 0 Å². The highest BCUT2D eigenvalue weighted by molar-refractivity contribution is 6.16. The zero-order chi connectivity index (χ0) is 33.0. The number of hydrogen-bond acceptors (Lipinski definition) is 4. The van der Waals surface area contributed by atoms with Crippen LogP contribution in [0.15, 0.2) is 174 Å². The SMILES string of the molecule is c1ccc(-c2nc(-c3ccccc3)nc(-c3cccc4oc5c(-c6ccccc6-n6c7ccccc7c7ccccc76)cccc5c34)n2)cc1. The molecule has 3 heterocycles. The van der Waals surface area contributed by atoms with Gasteiger partial charge in [-0.15, -0.1) is 0 Å². The van der Waals surface area contributed by atoms with Crippen LogP contribution in [0.3, 0.4) is 0 Å². The lowest BCUT2D eigenvalue weighted by atomic mass is 9.99. The summed E-state index contributed by atoms with van der Waals surface area (Å²) in [4.78, 5) is 15.0. The van der Waals surface area contributed by atoms with Gasteiger partial charge >= 0.3 is 0 Å². The molecule has 0 atom stereocenters.